The van der Waals surface area contributed by atoms with Crippen LogP contribution in [0, 0.1) is 5.82 Å². The van der Waals surface area contributed by atoms with Gasteiger partial charge in [-0.15, -0.1) is 0 Å². The van der Waals surface area contributed by atoms with Crippen molar-refractivity contribution >= 4 is 11.6 Å². The van der Waals surface area contributed by atoms with E-state index in [4.69, 9.17) is 17.3 Å². The molecule has 4 nitrogen and oxygen atoms in total. The van der Waals surface area contributed by atoms with Crippen LogP contribution in [-0.4, -0.2) is 14.8 Å². The molecule has 0 aliphatic rings. The molecule has 1 unspecified atom stereocenters. The fourth-order valence-electron chi connectivity index (χ4n) is 1.96. The molecule has 0 saturated heterocycles. The van der Waals surface area contributed by atoms with Crippen molar-refractivity contribution in [2.24, 2.45) is 5.73 Å². The van der Waals surface area contributed by atoms with Crippen LogP contribution in [0.5, 0.6) is 0 Å². The third-order valence-corrected chi connectivity index (χ3v) is 3.13. The highest BCUT2D eigenvalue weighted by molar-refractivity contribution is 6.30. The van der Waals surface area contributed by atoms with E-state index in [9.17, 15) is 4.39 Å². The van der Waals surface area contributed by atoms with Gasteiger partial charge in [-0.3, -0.25) is 0 Å². The SMILES string of the molecule is CC(C)n1ncnc1CC(N)c1cc(Cl)ccc1F. The molecule has 0 aliphatic carbocycles. The minimum absolute atomic E-state index is 0.189. The Morgan fingerprint density at radius 2 is 2.16 bits per heavy atom. The molecule has 1 atom stereocenters. The molecule has 19 heavy (non-hydrogen) atoms. The fraction of sp³-hybridized carbons (Fsp3) is 0.385. The minimum atomic E-state index is -0.500. The molecule has 0 spiro atoms. The molecule has 2 N–H and O–H groups in total. The first-order valence-electron chi connectivity index (χ1n) is 6.08. The molecular weight excluding hydrogens is 267 g/mol. The first-order valence-corrected chi connectivity index (χ1v) is 6.45. The second-order valence-corrected chi connectivity index (χ2v) is 5.13. The van der Waals surface area contributed by atoms with E-state index in [1.165, 1.54) is 18.5 Å². The van der Waals surface area contributed by atoms with Gasteiger partial charge in [0.05, 0.1) is 0 Å². The molecule has 0 fully saturated rings. The van der Waals surface area contributed by atoms with E-state index in [1.807, 2.05) is 13.8 Å². The van der Waals surface area contributed by atoms with Gasteiger partial charge in [0.25, 0.3) is 0 Å². The summed E-state index contributed by atoms with van der Waals surface area (Å²) in [6.45, 7) is 4.01. The second-order valence-electron chi connectivity index (χ2n) is 4.69. The molecule has 6 heteroatoms. The Morgan fingerprint density at radius 1 is 1.42 bits per heavy atom. The maximum absolute atomic E-state index is 13.7. The maximum Gasteiger partial charge on any atom is 0.138 e. The predicted molar refractivity (Wildman–Crippen MR) is 72.4 cm³/mol. The van der Waals surface area contributed by atoms with Crippen molar-refractivity contribution in [1.29, 1.82) is 0 Å². The Bertz CT molecular complexity index is 568. The molecule has 2 aromatic rings. The van der Waals surface area contributed by atoms with Gasteiger partial charge in [-0.25, -0.2) is 14.1 Å². The number of hydrogen-bond acceptors (Lipinski definition) is 3. The number of nitrogens with zero attached hydrogens (tertiary/aromatic N) is 3. The molecule has 0 radical (unpaired) electrons. The van der Waals surface area contributed by atoms with Gasteiger partial charge in [0.1, 0.15) is 18.0 Å². The van der Waals surface area contributed by atoms with Crippen LogP contribution in [0.3, 0.4) is 0 Å². The molecule has 0 saturated carbocycles. The van der Waals surface area contributed by atoms with Gasteiger partial charge < -0.3 is 5.73 Å². The summed E-state index contributed by atoms with van der Waals surface area (Å²) in [5, 5.41) is 4.60. The number of aromatic nitrogens is 3. The first kappa shape index (κ1) is 14.0. The van der Waals surface area contributed by atoms with Crippen LogP contribution in [0.15, 0.2) is 24.5 Å². The molecule has 0 amide bonds. The Labute approximate surface area is 116 Å². The van der Waals surface area contributed by atoms with E-state index < -0.39 is 6.04 Å². The third-order valence-electron chi connectivity index (χ3n) is 2.90. The molecule has 2 rings (SSSR count). The first-order chi connectivity index (χ1) is 8.99. The predicted octanol–water partition coefficient (Wildman–Crippen LogP) is 2.89. The molecule has 102 valence electrons. The zero-order chi connectivity index (χ0) is 14.0. The van der Waals surface area contributed by atoms with Crippen molar-refractivity contribution in [2.75, 3.05) is 0 Å². The zero-order valence-electron chi connectivity index (χ0n) is 10.8. The molecule has 0 bridgehead atoms. The lowest BCUT2D eigenvalue weighted by Crippen LogP contribution is -2.19. The van der Waals surface area contributed by atoms with Gasteiger partial charge >= 0.3 is 0 Å². The summed E-state index contributed by atoms with van der Waals surface area (Å²) in [6, 6.07) is 4.07. The number of nitrogens with two attached hydrogens (primary N) is 1. The van der Waals surface area contributed by atoms with Crippen LogP contribution in [0.2, 0.25) is 5.02 Å². The third kappa shape index (κ3) is 3.11. The van der Waals surface area contributed by atoms with E-state index >= 15 is 0 Å². The van der Waals surface area contributed by atoms with Crippen molar-refractivity contribution in [2.45, 2.75) is 32.4 Å². The van der Waals surface area contributed by atoms with Crippen molar-refractivity contribution in [3.8, 4) is 0 Å². The van der Waals surface area contributed by atoms with Gasteiger partial charge in [-0.05, 0) is 32.0 Å². The zero-order valence-corrected chi connectivity index (χ0v) is 11.6. The lowest BCUT2D eigenvalue weighted by molar-refractivity contribution is 0.488. The number of hydrogen-bond donors (Lipinski definition) is 1. The highest BCUT2D eigenvalue weighted by atomic mass is 35.5. The van der Waals surface area contributed by atoms with Gasteiger partial charge in [0, 0.05) is 29.1 Å². The van der Waals surface area contributed by atoms with Crippen LogP contribution >= 0.6 is 11.6 Å². The van der Waals surface area contributed by atoms with Crippen LogP contribution in [0.1, 0.15) is 37.3 Å². The second kappa shape index (κ2) is 5.67. The lowest BCUT2D eigenvalue weighted by atomic mass is 10.0. The van der Waals surface area contributed by atoms with Gasteiger partial charge in [-0.2, -0.15) is 5.10 Å². The summed E-state index contributed by atoms with van der Waals surface area (Å²) in [7, 11) is 0. The molecule has 0 aliphatic heterocycles. The highest BCUT2D eigenvalue weighted by Gasteiger charge is 2.16. The van der Waals surface area contributed by atoms with Crippen LogP contribution in [-0.2, 0) is 6.42 Å². The Hall–Kier alpha value is -1.46. The average Bonchev–Trinajstić information content (AvgIpc) is 2.80. The van der Waals surface area contributed by atoms with E-state index in [0.717, 1.165) is 5.82 Å². The van der Waals surface area contributed by atoms with E-state index in [2.05, 4.69) is 10.1 Å². The summed E-state index contributed by atoms with van der Waals surface area (Å²) in [5.74, 6) is 0.384. The normalized spacial score (nSPS) is 12.9. The molecule has 1 heterocycles. The quantitative estimate of drug-likeness (QED) is 0.938. The van der Waals surface area contributed by atoms with Gasteiger partial charge in [-0.1, -0.05) is 11.6 Å². The number of halogens is 2. The van der Waals surface area contributed by atoms with Gasteiger partial charge in [0.2, 0.25) is 0 Å². The summed E-state index contributed by atoms with van der Waals surface area (Å²) in [5.41, 5.74) is 6.44. The topological polar surface area (TPSA) is 56.7 Å². The smallest absolute Gasteiger partial charge is 0.138 e. The lowest BCUT2D eigenvalue weighted by Gasteiger charge is -2.15. The fourth-order valence-corrected chi connectivity index (χ4v) is 2.14. The van der Waals surface area contributed by atoms with Crippen molar-refractivity contribution in [1.82, 2.24) is 14.8 Å². The number of benzene rings is 1. The maximum atomic E-state index is 13.7. The molecule has 1 aromatic carbocycles. The average molecular weight is 283 g/mol. The van der Waals surface area contributed by atoms with E-state index in [-0.39, 0.29) is 11.9 Å². The summed E-state index contributed by atoms with van der Waals surface area (Å²) in [4.78, 5) is 4.17. The standard InChI is InChI=1S/C13H16ClFN4/c1-8(2)19-13(17-7-18-19)6-12(16)10-5-9(14)3-4-11(10)15/h3-5,7-8,12H,6,16H2,1-2H3. The Balaban J connectivity index is 2.23. The summed E-state index contributed by atoms with van der Waals surface area (Å²) >= 11 is 5.87. The van der Waals surface area contributed by atoms with Crippen LogP contribution in [0.25, 0.3) is 0 Å². The van der Waals surface area contributed by atoms with Crippen LogP contribution in [0.4, 0.5) is 4.39 Å². The molecule has 1 aromatic heterocycles. The summed E-state index contributed by atoms with van der Waals surface area (Å²) in [6.07, 6.45) is 1.89. The Morgan fingerprint density at radius 3 is 2.84 bits per heavy atom. The van der Waals surface area contributed by atoms with E-state index in [1.54, 1.807) is 10.7 Å². The number of rotatable bonds is 4. The van der Waals surface area contributed by atoms with Crippen molar-refractivity contribution in [3.63, 3.8) is 0 Å². The van der Waals surface area contributed by atoms with E-state index in [0.29, 0.717) is 17.0 Å². The summed E-state index contributed by atoms with van der Waals surface area (Å²) < 4.78 is 15.5. The minimum Gasteiger partial charge on any atom is -0.323 e. The largest absolute Gasteiger partial charge is 0.323 e. The Kier molecular flexibility index (Phi) is 4.17. The highest BCUT2D eigenvalue weighted by Crippen LogP contribution is 2.22. The molecular formula is C13H16ClFN4. The van der Waals surface area contributed by atoms with Crippen molar-refractivity contribution < 1.29 is 4.39 Å². The monoisotopic (exact) mass is 282 g/mol. The van der Waals surface area contributed by atoms with Gasteiger partial charge in [0.15, 0.2) is 0 Å². The van der Waals surface area contributed by atoms with Crippen molar-refractivity contribution in [3.05, 3.63) is 46.8 Å². The van der Waals surface area contributed by atoms with Crippen LogP contribution < -0.4 is 5.73 Å².